The molecule has 0 aromatic carbocycles. The van der Waals surface area contributed by atoms with Crippen LogP contribution in [0.15, 0.2) is 0 Å². The van der Waals surface area contributed by atoms with Gasteiger partial charge in [-0.05, 0) is 58.3 Å². The molecule has 0 aromatic rings. The van der Waals surface area contributed by atoms with Crippen molar-refractivity contribution in [3.05, 3.63) is 0 Å². The summed E-state index contributed by atoms with van der Waals surface area (Å²) < 4.78 is 6.30. The predicted molar refractivity (Wildman–Crippen MR) is 93.6 cm³/mol. The fourth-order valence-electron chi connectivity index (χ4n) is 5.76. The molecule has 0 radical (unpaired) electrons. The second kappa shape index (κ2) is 6.59. The van der Waals surface area contributed by atoms with Crippen LogP contribution in [-0.4, -0.2) is 34.5 Å². The van der Waals surface area contributed by atoms with Gasteiger partial charge in [-0.1, -0.05) is 20.3 Å². The number of Topliss-reactive ketones (excluding diaryl/α,β-unsaturated/α-hetero) is 1. The molecule has 144 valence electrons. The summed E-state index contributed by atoms with van der Waals surface area (Å²) in [4.78, 5) is 23.3. The predicted octanol–water partition coefficient (Wildman–Crippen LogP) is 3.77. The van der Waals surface area contributed by atoms with Crippen LogP contribution < -0.4 is 0 Å². The smallest absolute Gasteiger partial charge is 0.199 e. The van der Waals surface area contributed by atoms with Crippen LogP contribution in [0.3, 0.4) is 0 Å². The quantitative estimate of drug-likeness (QED) is 0.761. The van der Waals surface area contributed by atoms with E-state index in [1.165, 1.54) is 0 Å². The van der Waals surface area contributed by atoms with E-state index in [4.69, 9.17) is 14.5 Å². The average Bonchev–Trinajstić information content (AvgIpc) is 2.77. The number of fused-ring (bicyclic) bond motifs is 3. The number of aliphatic hydroxyl groups is 1. The highest BCUT2D eigenvalue weighted by atomic mass is 17.3. The first-order chi connectivity index (χ1) is 11.6. The van der Waals surface area contributed by atoms with Crippen molar-refractivity contribution in [3.63, 3.8) is 0 Å². The van der Waals surface area contributed by atoms with E-state index in [-0.39, 0.29) is 23.2 Å². The first-order valence-corrected chi connectivity index (χ1v) is 9.87. The van der Waals surface area contributed by atoms with Gasteiger partial charge >= 0.3 is 0 Å². The van der Waals surface area contributed by atoms with Crippen molar-refractivity contribution < 1.29 is 24.4 Å². The molecular formula is C20H34O5. The lowest BCUT2D eigenvalue weighted by atomic mass is 9.51. The minimum absolute atomic E-state index is 0.00763. The Bertz CT molecular complexity index is 522. The molecule has 25 heavy (non-hydrogen) atoms. The molecule has 2 bridgehead atoms. The maximum atomic E-state index is 11.3. The van der Waals surface area contributed by atoms with Gasteiger partial charge < -0.3 is 14.6 Å². The number of carbonyl (C=O) groups is 1. The van der Waals surface area contributed by atoms with E-state index in [0.29, 0.717) is 18.8 Å². The summed E-state index contributed by atoms with van der Waals surface area (Å²) in [5, 5.41) is 10.8. The molecule has 4 aliphatic rings. The van der Waals surface area contributed by atoms with Gasteiger partial charge in [-0.15, -0.1) is 0 Å². The number of ether oxygens (including phenoxy) is 1. The summed E-state index contributed by atoms with van der Waals surface area (Å²) >= 11 is 0. The third-order valence-corrected chi connectivity index (χ3v) is 7.45. The van der Waals surface area contributed by atoms with Crippen LogP contribution in [0.5, 0.6) is 0 Å². The van der Waals surface area contributed by atoms with Crippen molar-refractivity contribution in [2.75, 3.05) is 0 Å². The maximum Gasteiger partial charge on any atom is 0.199 e. The summed E-state index contributed by atoms with van der Waals surface area (Å²) in [6.45, 7) is 9.94. The molecule has 0 unspecified atom stereocenters. The molecule has 1 saturated carbocycles. The third-order valence-electron chi connectivity index (χ3n) is 7.45. The number of carbonyl (C=O) groups excluding carboxylic acids is 1. The molecule has 3 heterocycles. The molecule has 1 aliphatic carbocycles. The molecule has 0 aromatic heterocycles. The molecule has 0 amide bonds. The standard InChI is InChI=1S/C20H34O5/c1-13(21)8-9-17(22)14(2)18(4)11-6-7-16-10-12-19(5)23-15(3)20(16,18)25-24-19/h14-17,22H,6-12H2,1-5H3/t14-,15-,16+,17+,18-,19-,20+/m0/s1. The van der Waals surface area contributed by atoms with Crippen LogP contribution in [-0.2, 0) is 19.3 Å². The fraction of sp³-hybridized carbons (Fsp3) is 0.950. The van der Waals surface area contributed by atoms with Crippen LogP contribution in [0.25, 0.3) is 0 Å². The molecule has 7 atom stereocenters. The zero-order valence-electron chi connectivity index (χ0n) is 16.3. The van der Waals surface area contributed by atoms with Crippen molar-refractivity contribution in [1.82, 2.24) is 0 Å². The molecule has 1 spiro atoms. The Morgan fingerprint density at radius 1 is 1.24 bits per heavy atom. The summed E-state index contributed by atoms with van der Waals surface area (Å²) in [5.74, 6) is -0.186. The highest BCUT2D eigenvalue weighted by molar-refractivity contribution is 5.75. The highest BCUT2D eigenvalue weighted by Crippen LogP contribution is 2.62. The first kappa shape index (κ1) is 19.3. The molecular weight excluding hydrogens is 320 g/mol. The highest BCUT2D eigenvalue weighted by Gasteiger charge is 2.68. The lowest BCUT2D eigenvalue weighted by Crippen LogP contribution is -2.68. The number of ketones is 1. The molecule has 5 nitrogen and oxygen atoms in total. The van der Waals surface area contributed by atoms with Gasteiger partial charge in [0.15, 0.2) is 5.79 Å². The zero-order valence-corrected chi connectivity index (χ0v) is 16.3. The Hall–Kier alpha value is -0.490. The summed E-state index contributed by atoms with van der Waals surface area (Å²) in [7, 11) is 0. The van der Waals surface area contributed by atoms with Gasteiger partial charge in [0.1, 0.15) is 11.4 Å². The van der Waals surface area contributed by atoms with E-state index < -0.39 is 17.5 Å². The van der Waals surface area contributed by atoms with Crippen molar-refractivity contribution in [2.24, 2.45) is 17.3 Å². The SMILES string of the molecule is CC(=O)CC[C@@H](O)[C@H](C)[C@]1(C)CCC[C@@H]2CC[C@]3(C)OO[C@]21[C@H](C)O3. The topological polar surface area (TPSA) is 65.0 Å². The van der Waals surface area contributed by atoms with Crippen molar-refractivity contribution in [1.29, 1.82) is 0 Å². The molecule has 1 N–H and O–H groups in total. The third kappa shape index (κ3) is 2.97. The van der Waals surface area contributed by atoms with Gasteiger partial charge in [0.05, 0.1) is 12.2 Å². The lowest BCUT2D eigenvalue weighted by molar-refractivity contribution is -0.540. The van der Waals surface area contributed by atoms with E-state index >= 15 is 0 Å². The van der Waals surface area contributed by atoms with Gasteiger partial charge in [0.2, 0.25) is 0 Å². The maximum absolute atomic E-state index is 11.3. The van der Waals surface area contributed by atoms with Crippen LogP contribution >= 0.6 is 0 Å². The van der Waals surface area contributed by atoms with E-state index in [0.717, 1.165) is 32.1 Å². The molecule has 5 heteroatoms. The Labute approximate surface area is 151 Å². The van der Waals surface area contributed by atoms with E-state index in [1.807, 2.05) is 6.92 Å². The largest absolute Gasteiger partial charge is 0.393 e. The Morgan fingerprint density at radius 3 is 2.60 bits per heavy atom. The Morgan fingerprint density at radius 2 is 1.96 bits per heavy atom. The number of hydrogen-bond donors (Lipinski definition) is 1. The summed E-state index contributed by atoms with van der Waals surface area (Å²) in [6, 6.07) is 0. The van der Waals surface area contributed by atoms with Gasteiger partial charge in [-0.2, -0.15) is 0 Å². The molecule has 4 rings (SSSR count). The number of aliphatic hydroxyl groups excluding tert-OH is 1. The van der Waals surface area contributed by atoms with Gasteiger partial charge in [0, 0.05) is 18.3 Å². The Kier molecular flexibility index (Phi) is 5.08. The molecule has 3 saturated heterocycles. The van der Waals surface area contributed by atoms with Gasteiger partial charge in [0.25, 0.3) is 0 Å². The fourth-order valence-corrected chi connectivity index (χ4v) is 5.76. The second-order valence-electron chi connectivity index (χ2n) is 9.00. The summed E-state index contributed by atoms with van der Waals surface area (Å²) in [5.41, 5.74) is -0.810. The summed E-state index contributed by atoms with van der Waals surface area (Å²) in [6.07, 6.45) is 5.35. The van der Waals surface area contributed by atoms with Gasteiger partial charge in [-0.3, -0.25) is 0 Å². The molecule has 4 fully saturated rings. The van der Waals surface area contributed by atoms with Crippen molar-refractivity contribution in [3.8, 4) is 0 Å². The minimum Gasteiger partial charge on any atom is -0.393 e. The van der Waals surface area contributed by atoms with Crippen LogP contribution in [0, 0.1) is 17.3 Å². The molecule has 3 aliphatic heterocycles. The van der Waals surface area contributed by atoms with Crippen LogP contribution in [0.1, 0.15) is 79.6 Å². The van der Waals surface area contributed by atoms with Crippen molar-refractivity contribution in [2.45, 2.75) is 103 Å². The normalized spacial score (nSPS) is 46.2. The second-order valence-corrected chi connectivity index (χ2v) is 9.00. The monoisotopic (exact) mass is 354 g/mol. The van der Waals surface area contributed by atoms with E-state index in [9.17, 15) is 9.90 Å². The lowest BCUT2D eigenvalue weighted by Gasteiger charge is -2.61. The number of hydrogen-bond acceptors (Lipinski definition) is 5. The van der Waals surface area contributed by atoms with Crippen LogP contribution in [0.4, 0.5) is 0 Å². The van der Waals surface area contributed by atoms with Crippen molar-refractivity contribution >= 4 is 5.78 Å². The first-order valence-electron chi connectivity index (χ1n) is 9.87. The Balaban J connectivity index is 1.92. The zero-order chi connectivity index (χ0) is 18.5. The van der Waals surface area contributed by atoms with E-state index in [1.54, 1.807) is 6.92 Å². The van der Waals surface area contributed by atoms with Gasteiger partial charge in [-0.25, -0.2) is 9.78 Å². The number of rotatable bonds is 5. The minimum atomic E-state index is -0.667. The average molecular weight is 354 g/mol. The van der Waals surface area contributed by atoms with E-state index in [2.05, 4.69) is 20.8 Å². The van der Waals surface area contributed by atoms with Crippen LogP contribution in [0.2, 0.25) is 0 Å².